The predicted molar refractivity (Wildman–Crippen MR) is 88.8 cm³/mol. The summed E-state index contributed by atoms with van der Waals surface area (Å²) in [6.45, 7) is 1.06. The van der Waals surface area contributed by atoms with Crippen molar-refractivity contribution in [2.45, 2.75) is 6.42 Å². The van der Waals surface area contributed by atoms with Crippen LogP contribution in [0.4, 0.5) is 0 Å². The van der Waals surface area contributed by atoms with Crippen LogP contribution in [-0.4, -0.2) is 55.9 Å². The minimum absolute atomic E-state index is 0.151. The van der Waals surface area contributed by atoms with Crippen LogP contribution in [0, 0.1) is 0 Å². The standard InChI is InChI=1S/C18H20N2O3/c1-19(2)8-9-20-16(21)11-12-10-15(23-3)13-6-4-5-7-14(13)17(12)18(20)22/h4-7,10H,8-9,11H2,1-3H3. The summed E-state index contributed by atoms with van der Waals surface area (Å²) in [5, 5.41) is 1.73. The zero-order valence-corrected chi connectivity index (χ0v) is 13.6. The number of carbonyl (C=O) groups is 2. The van der Waals surface area contributed by atoms with Crippen LogP contribution in [0.15, 0.2) is 30.3 Å². The molecule has 0 radical (unpaired) electrons. The maximum Gasteiger partial charge on any atom is 0.261 e. The largest absolute Gasteiger partial charge is 0.496 e. The third-order valence-electron chi connectivity index (χ3n) is 4.18. The van der Waals surface area contributed by atoms with Crippen LogP contribution in [-0.2, 0) is 11.2 Å². The molecule has 1 heterocycles. The van der Waals surface area contributed by atoms with Gasteiger partial charge in [-0.25, -0.2) is 0 Å². The van der Waals surface area contributed by atoms with E-state index in [1.807, 2.05) is 49.3 Å². The van der Waals surface area contributed by atoms with Crippen LogP contribution in [0.3, 0.4) is 0 Å². The maximum absolute atomic E-state index is 12.9. The van der Waals surface area contributed by atoms with E-state index in [9.17, 15) is 9.59 Å². The van der Waals surface area contributed by atoms with E-state index in [-0.39, 0.29) is 18.2 Å². The molecule has 0 bridgehead atoms. The molecule has 5 heteroatoms. The van der Waals surface area contributed by atoms with Crippen LogP contribution >= 0.6 is 0 Å². The van der Waals surface area contributed by atoms with Crippen molar-refractivity contribution >= 4 is 22.6 Å². The topological polar surface area (TPSA) is 49.9 Å². The van der Waals surface area contributed by atoms with Gasteiger partial charge in [-0.2, -0.15) is 0 Å². The quantitative estimate of drug-likeness (QED) is 0.810. The SMILES string of the molecule is COc1cc2c(c3ccccc13)C(=O)N(CCN(C)C)C(=O)C2. The Labute approximate surface area is 135 Å². The van der Waals surface area contributed by atoms with Crippen molar-refractivity contribution in [1.29, 1.82) is 0 Å². The zero-order chi connectivity index (χ0) is 16.6. The lowest BCUT2D eigenvalue weighted by Crippen LogP contribution is -2.45. The lowest BCUT2D eigenvalue weighted by atomic mass is 9.92. The molecular weight excluding hydrogens is 292 g/mol. The first-order valence-corrected chi connectivity index (χ1v) is 7.61. The molecule has 0 saturated heterocycles. The highest BCUT2D eigenvalue weighted by atomic mass is 16.5. The highest BCUT2D eigenvalue weighted by molar-refractivity contribution is 6.17. The van der Waals surface area contributed by atoms with Gasteiger partial charge in [0.15, 0.2) is 0 Å². The summed E-state index contributed by atoms with van der Waals surface area (Å²) in [4.78, 5) is 28.6. The fourth-order valence-corrected chi connectivity index (χ4v) is 2.99. The number of ether oxygens (including phenoxy) is 1. The first-order valence-electron chi connectivity index (χ1n) is 7.61. The maximum atomic E-state index is 12.9. The molecule has 0 N–H and O–H groups in total. The molecule has 120 valence electrons. The number of hydrogen-bond acceptors (Lipinski definition) is 4. The summed E-state index contributed by atoms with van der Waals surface area (Å²) < 4.78 is 5.43. The molecule has 1 aliphatic rings. The van der Waals surface area contributed by atoms with Gasteiger partial charge in [-0.15, -0.1) is 0 Å². The van der Waals surface area contributed by atoms with E-state index in [1.54, 1.807) is 7.11 Å². The van der Waals surface area contributed by atoms with Crippen LogP contribution < -0.4 is 4.74 Å². The van der Waals surface area contributed by atoms with Crippen LogP contribution in [0.5, 0.6) is 5.75 Å². The summed E-state index contributed by atoms with van der Waals surface area (Å²) >= 11 is 0. The average molecular weight is 312 g/mol. The molecule has 1 aliphatic heterocycles. The molecule has 23 heavy (non-hydrogen) atoms. The second-order valence-corrected chi connectivity index (χ2v) is 5.99. The number of fused-ring (bicyclic) bond motifs is 3. The predicted octanol–water partition coefficient (Wildman–Crippen LogP) is 1.93. The van der Waals surface area contributed by atoms with E-state index >= 15 is 0 Å². The molecule has 0 fully saturated rings. The lowest BCUT2D eigenvalue weighted by Gasteiger charge is -2.29. The molecule has 5 nitrogen and oxygen atoms in total. The van der Waals surface area contributed by atoms with Gasteiger partial charge in [0.25, 0.3) is 5.91 Å². The van der Waals surface area contributed by atoms with Gasteiger partial charge in [0.1, 0.15) is 5.75 Å². The fourth-order valence-electron chi connectivity index (χ4n) is 2.99. The number of carbonyl (C=O) groups excluding carboxylic acids is 2. The first kappa shape index (κ1) is 15.5. The second-order valence-electron chi connectivity index (χ2n) is 5.99. The van der Waals surface area contributed by atoms with E-state index in [0.717, 1.165) is 16.3 Å². The Morgan fingerprint density at radius 3 is 2.52 bits per heavy atom. The van der Waals surface area contributed by atoms with E-state index < -0.39 is 0 Å². The molecule has 2 aromatic rings. The monoisotopic (exact) mass is 312 g/mol. The number of imide groups is 1. The molecule has 0 spiro atoms. The van der Waals surface area contributed by atoms with Crippen molar-refractivity contribution < 1.29 is 14.3 Å². The van der Waals surface area contributed by atoms with Crippen molar-refractivity contribution in [2.24, 2.45) is 0 Å². The highest BCUT2D eigenvalue weighted by Gasteiger charge is 2.33. The van der Waals surface area contributed by atoms with Crippen LogP contribution in [0.25, 0.3) is 10.8 Å². The lowest BCUT2D eigenvalue weighted by molar-refractivity contribution is -0.128. The number of likely N-dealkylation sites (N-methyl/N-ethyl adjacent to an activating group) is 1. The minimum Gasteiger partial charge on any atom is -0.496 e. The molecule has 0 unspecified atom stereocenters. The molecule has 0 aliphatic carbocycles. The van der Waals surface area contributed by atoms with Gasteiger partial charge in [-0.3, -0.25) is 14.5 Å². The molecule has 0 saturated carbocycles. The Hall–Kier alpha value is -2.40. The minimum atomic E-state index is -0.211. The molecular formula is C18H20N2O3. The number of amides is 2. The molecule has 0 atom stereocenters. The van der Waals surface area contributed by atoms with Gasteiger partial charge < -0.3 is 9.64 Å². The van der Waals surface area contributed by atoms with Crippen molar-refractivity contribution in [2.75, 3.05) is 34.3 Å². The van der Waals surface area contributed by atoms with Gasteiger partial charge in [-0.1, -0.05) is 24.3 Å². The van der Waals surface area contributed by atoms with Crippen molar-refractivity contribution in [3.05, 3.63) is 41.5 Å². The molecule has 3 rings (SSSR count). The summed E-state index contributed by atoms with van der Waals surface area (Å²) in [6, 6.07) is 9.48. The van der Waals surface area contributed by atoms with Crippen molar-refractivity contribution in [3.63, 3.8) is 0 Å². The van der Waals surface area contributed by atoms with E-state index in [2.05, 4.69) is 0 Å². The van der Waals surface area contributed by atoms with Gasteiger partial charge in [0.2, 0.25) is 5.91 Å². The van der Waals surface area contributed by atoms with Gasteiger partial charge in [0.05, 0.1) is 19.1 Å². The number of rotatable bonds is 4. The number of hydrogen-bond donors (Lipinski definition) is 0. The number of nitrogens with zero attached hydrogens (tertiary/aromatic N) is 2. The van der Waals surface area contributed by atoms with Gasteiger partial charge in [0, 0.05) is 18.5 Å². The summed E-state index contributed by atoms with van der Waals surface area (Å²) in [5.74, 6) is 0.334. The third-order valence-corrected chi connectivity index (χ3v) is 4.18. The molecule has 2 amide bonds. The smallest absolute Gasteiger partial charge is 0.261 e. The Balaban J connectivity index is 2.12. The molecule has 2 aromatic carbocycles. The van der Waals surface area contributed by atoms with Crippen molar-refractivity contribution in [3.8, 4) is 5.75 Å². The zero-order valence-electron chi connectivity index (χ0n) is 13.6. The van der Waals surface area contributed by atoms with Crippen LogP contribution in [0.1, 0.15) is 15.9 Å². The number of methoxy groups -OCH3 is 1. The fraction of sp³-hybridized carbons (Fsp3) is 0.333. The third kappa shape index (κ3) is 2.68. The normalized spacial score (nSPS) is 14.5. The van der Waals surface area contributed by atoms with E-state index in [1.165, 1.54) is 4.90 Å². The Morgan fingerprint density at radius 2 is 1.87 bits per heavy atom. The first-order chi connectivity index (χ1) is 11.0. The summed E-state index contributed by atoms with van der Waals surface area (Å²) in [6.07, 6.45) is 0.232. The van der Waals surface area contributed by atoms with E-state index in [4.69, 9.17) is 4.74 Å². The van der Waals surface area contributed by atoms with Gasteiger partial charge in [-0.05, 0) is 31.1 Å². The van der Waals surface area contributed by atoms with Crippen LogP contribution in [0.2, 0.25) is 0 Å². The second kappa shape index (κ2) is 6.01. The Bertz CT molecular complexity index is 783. The average Bonchev–Trinajstić information content (AvgIpc) is 2.53. The Morgan fingerprint density at radius 1 is 1.17 bits per heavy atom. The van der Waals surface area contributed by atoms with Crippen molar-refractivity contribution in [1.82, 2.24) is 9.80 Å². The summed E-state index contributed by atoms with van der Waals surface area (Å²) in [7, 11) is 5.45. The van der Waals surface area contributed by atoms with E-state index in [0.29, 0.717) is 24.4 Å². The Kier molecular flexibility index (Phi) is 4.05. The molecule has 0 aromatic heterocycles. The number of benzene rings is 2. The highest BCUT2D eigenvalue weighted by Crippen LogP contribution is 2.34. The van der Waals surface area contributed by atoms with Gasteiger partial charge >= 0.3 is 0 Å². The summed E-state index contributed by atoms with van der Waals surface area (Å²) in [5.41, 5.74) is 1.37.